The minimum atomic E-state index is -0.232. The Morgan fingerprint density at radius 2 is 1.79 bits per heavy atom. The monoisotopic (exact) mass is 541 g/mol. The van der Waals surface area contributed by atoms with Gasteiger partial charge < -0.3 is 29.6 Å². The van der Waals surface area contributed by atoms with Crippen molar-refractivity contribution in [1.29, 1.82) is 0 Å². The molecule has 2 aromatic heterocycles. The molecule has 0 spiro atoms. The number of benzene rings is 2. The Balaban J connectivity index is 1.64. The summed E-state index contributed by atoms with van der Waals surface area (Å²) in [5, 5.41) is 7.00. The third-order valence-electron chi connectivity index (χ3n) is 6.90. The van der Waals surface area contributed by atoms with Gasteiger partial charge >= 0.3 is 0 Å². The van der Waals surface area contributed by atoms with E-state index in [0.29, 0.717) is 23.0 Å². The molecule has 2 atom stereocenters. The zero-order valence-corrected chi connectivity index (χ0v) is 23.2. The molecule has 8 nitrogen and oxygen atoms in total. The van der Waals surface area contributed by atoms with Crippen molar-refractivity contribution in [3.63, 3.8) is 0 Å². The first kappa shape index (κ1) is 26.2. The average Bonchev–Trinajstić information content (AvgIpc) is 3.52. The predicted molar refractivity (Wildman–Crippen MR) is 157 cm³/mol. The number of hydrogen-bond acceptors (Lipinski definition) is 5. The summed E-state index contributed by atoms with van der Waals surface area (Å²) in [6.07, 6.45) is 2.17. The van der Waals surface area contributed by atoms with Gasteiger partial charge in [0.25, 0.3) is 0 Å². The van der Waals surface area contributed by atoms with E-state index in [-0.39, 0.29) is 18.0 Å². The lowest BCUT2D eigenvalue weighted by Crippen LogP contribution is -2.30. The molecular formula is C30H31N5O3S. The van der Waals surface area contributed by atoms with Gasteiger partial charge in [-0.25, -0.2) is 0 Å². The van der Waals surface area contributed by atoms with E-state index in [1.54, 1.807) is 20.4 Å². The number of anilines is 2. The van der Waals surface area contributed by atoms with E-state index in [1.165, 1.54) is 0 Å². The Morgan fingerprint density at radius 1 is 1.03 bits per heavy atom. The lowest BCUT2D eigenvalue weighted by atomic mass is 10.0. The topological polar surface area (TPSA) is 80.7 Å². The summed E-state index contributed by atoms with van der Waals surface area (Å²) in [5.74, 6) is 1.27. The zero-order chi connectivity index (χ0) is 27.5. The predicted octanol–water partition coefficient (Wildman–Crippen LogP) is 5.72. The molecule has 4 aromatic rings. The molecule has 2 aromatic carbocycles. The Labute approximate surface area is 233 Å². The van der Waals surface area contributed by atoms with Crippen LogP contribution in [0.15, 0.2) is 79.0 Å². The molecule has 1 saturated heterocycles. The second-order valence-electron chi connectivity index (χ2n) is 9.22. The number of rotatable bonds is 8. The molecule has 2 N–H and O–H groups in total. The quantitative estimate of drug-likeness (QED) is 0.276. The number of carbonyl (C=O) groups is 1. The summed E-state index contributed by atoms with van der Waals surface area (Å²) in [6, 6.07) is 23.4. The summed E-state index contributed by atoms with van der Waals surface area (Å²) < 4.78 is 13.3. The van der Waals surface area contributed by atoms with E-state index >= 15 is 0 Å². The van der Waals surface area contributed by atoms with Crippen LogP contribution in [0.3, 0.4) is 0 Å². The van der Waals surface area contributed by atoms with Crippen molar-refractivity contribution in [3.05, 3.63) is 96.1 Å². The molecular weight excluding hydrogens is 510 g/mol. The van der Waals surface area contributed by atoms with Gasteiger partial charge in [-0.1, -0.05) is 13.0 Å². The molecule has 0 aliphatic carbocycles. The van der Waals surface area contributed by atoms with Crippen LogP contribution in [0.5, 0.6) is 11.5 Å². The number of pyridine rings is 1. The molecule has 39 heavy (non-hydrogen) atoms. The maximum absolute atomic E-state index is 12.1. The van der Waals surface area contributed by atoms with E-state index in [2.05, 4.69) is 44.1 Å². The van der Waals surface area contributed by atoms with Gasteiger partial charge in [0.1, 0.15) is 17.5 Å². The number of aryl methyl sites for hydroxylation is 1. The summed E-state index contributed by atoms with van der Waals surface area (Å²) >= 11 is 5.93. The standard InChI is InChI=1S/C30H31N5O3S/c1-5-27(36)32-23-15-12-21(18-26(23)38-4)35-29(28(33-30(35)39)24-8-6-7-17-31-24)25-16-9-19(2)34(25)20-10-13-22(37-3)14-11-20/h6-18,28-29H,5H2,1-4H3,(H,32,36)(H,33,39). The number of methoxy groups -OCH3 is 2. The van der Waals surface area contributed by atoms with Crippen molar-refractivity contribution in [1.82, 2.24) is 14.9 Å². The second kappa shape index (κ2) is 11.2. The van der Waals surface area contributed by atoms with Crippen molar-refractivity contribution in [2.75, 3.05) is 24.4 Å². The van der Waals surface area contributed by atoms with Crippen LogP contribution in [0.4, 0.5) is 11.4 Å². The number of aromatic nitrogens is 2. The highest BCUT2D eigenvalue weighted by atomic mass is 32.1. The lowest BCUT2D eigenvalue weighted by Gasteiger charge is -2.30. The van der Waals surface area contributed by atoms with Crippen LogP contribution in [0, 0.1) is 6.92 Å². The minimum Gasteiger partial charge on any atom is -0.497 e. The summed E-state index contributed by atoms with van der Waals surface area (Å²) in [7, 11) is 3.25. The maximum atomic E-state index is 12.1. The third-order valence-corrected chi connectivity index (χ3v) is 7.21. The molecule has 3 heterocycles. The van der Waals surface area contributed by atoms with Crippen LogP contribution in [0.1, 0.15) is 42.5 Å². The fourth-order valence-electron chi connectivity index (χ4n) is 4.98. The van der Waals surface area contributed by atoms with Gasteiger partial charge in [0, 0.05) is 41.4 Å². The highest BCUT2D eigenvalue weighted by molar-refractivity contribution is 7.80. The first-order valence-corrected chi connectivity index (χ1v) is 13.2. The Kier molecular flexibility index (Phi) is 7.51. The molecule has 200 valence electrons. The van der Waals surface area contributed by atoms with E-state index in [9.17, 15) is 4.79 Å². The molecule has 1 amide bonds. The summed E-state index contributed by atoms with van der Waals surface area (Å²) in [5.41, 5.74) is 5.47. The minimum absolute atomic E-state index is 0.0831. The third kappa shape index (κ3) is 5.05. The van der Waals surface area contributed by atoms with E-state index < -0.39 is 0 Å². The van der Waals surface area contributed by atoms with Crippen LogP contribution < -0.4 is 25.0 Å². The molecule has 5 rings (SSSR count). The first-order chi connectivity index (χ1) is 18.9. The van der Waals surface area contributed by atoms with Crippen molar-refractivity contribution >= 4 is 34.6 Å². The van der Waals surface area contributed by atoms with E-state index in [0.717, 1.165) is 34.2 Å². The molecule has 0 bridgehead atoms. The largest absolute Gasteiger partial charge is 0.497 e. The zero-order valence-electron chi connectivity index (χ0n) is 22.3. The SMILES string of the molecule is CCC(=O)Nc1ccc(N2C(=S)NC(c3ccccn3)C2c2ccc(C)n2-c2ccc(OC)cc2)cc1OC. The molecule has 9 heteroatoms. The molecule has 0 saturated carbocycles. The number of nitrogens with zero attached hydrogens (tertiary/aromatic N) is 3. The molecule has 0 radical (unpaired) electrons. The fourth-order valence-corrected chi connectivity index (χ4v) is 5.32. The molecule has 1 aliphatic heterocycles. The van der Waals surface area contributed by atoms with Gasteiger partial charge in [0.2, 0.25) is 5.91 Å². The Morgan fingerprint density at radius 3 is 2.46 bits per heavy atom. The van der Waals surface area contributed by atoms with Crippen LogP contribution in [-0.2, 0) is 4.79 Å². The van der Waals surface area contributed by atoms with E-state index in [4.69, 9.17) is 21.7 Å². The molecule has 2 unspecified atom stereocenters. The molecule has 1 aliphatic rings. The highest BCUT2D eigenvalue weighted by Crippen LogP contribution is 2.44. The number of amides is 1. The van der Waals surface area contributed by atoms with Crippen LogP contribution in [-0.4, -0.2) is 34.8 Å². The number of nitrogens with one attached hydrogen (secondary N) is 2. The maximum Gasteiger partial charge on any atom is 0.224 e. The van der Waals surface area contributed by atoms with Gasteiger partial charge in [-0.15, -0.1) is 0 Å². The number of ether oxygens (including phenoxy) is 2. The van der Waals surface area contributed by atoms with Crippen LogP contribution >= 0.6 is 12.2 Å². The van der Waals surface area contributed by atoms with Crippen molar-refractivity contribution < 1.29 is 14.3 Å². The second-order valence-corrected chi connectivity index (χ2v) is 9.60. The van der Waals surface area contributed by atoms with Gasteiger partial charge in [0.05, 0.1) is 31.6 Å². The highest BCUT2D eigenvalue weighted by Gasteiger charge is 2.42. The van der Waals surface area contributed by atoms with Gasteiger partial charge in [-0.2, -0.15) is 0 Å². The normalized spacial score (nSPS) is 16.6. The van der Waals surface area contributed by atoms with Crippen molar-refractivity contribution in [2.45, 2.75) is 32.4 Å². The van der Waals surface area contributed by atoms with Crippen molar-refractivity contribution in [2.24, 2.45) is 0 Å². The van der Waals surface area contributed by atoms with Crippen molar-refractivity contribution in [3.8, 4) is 17.2 Å². The number of carbonyl (C=O) groups excluding carboxylic acids is 1. The summed E-state index contributed by atoms with van der Waals surface area (Å²) in [6.45, 7) is 3.90. The Hall–Kier alpha value is -4.37. The van der Waals surface area contributed by atoms with E-state index in [1.807, 2.05) is 67.6 Å². The van der Waals surface area contributed by atoms with Crippen LogP contribution in [0.25, 0.3) is 5.69 Å². The van der Waals surface area contributed by atoms with Gasteiger partial charge in [0.15, 0.2) is 5.11 Å². The molecule has 1 fully saturated rings. The average molecular weight is 542 g/mol. The number of thiocarbonyl (C=S) groups is 1. The fraction of sp³-hybridized carbons (Fsp3) is 0.233. The lowest BCUT2D eigenvalue weighted by molar-refractivity contribution is -0.115. The first-order valence-electron chi connectivity index (χ1n) is 12.8. The van der Waals surface area contributed by atoms with Gasteiger partial charge in [-0.05, 0) is 79.8 Å². The van der Waals surface area contributed by atoms with Gasteiger partial charge in [-0.3, -0.25) is 9.78 Å². The smallest absolute Gasteiger partial charge is 0.224 e. The van der Waals surface area contributed by atoms with Crippen LogP contribution in [0.2, 0.25) is 0 Å². The Bertz CT molecular complexity index is 1490. The summed E-state index contributed by atoms with van der Waals surface area (Å²) in [4.78, 5) is 18.8. The number of hydrogen-bond donors (Lipinski definition) is 2.